The number of hydrogen-bond donors (Lipinski definition) is 2. The van der Waals surface area contributed by atoms with Gasteiger partial charge in [0.25, 0.3) is 5.91 Å². The SMILES string of the molecule is CCCCNC(=O)c1ccnc(Nc2ccccc2C(=O)OC)n1. The van der Waals surface area contributed by atoms with Crippen molar-refractivity contribution < 1.29 is 14.3 Å². The number of unbranched alkanes of at least 4 members (excludes halogenated alkanes) is 1. The highest BCUT2D eigenvalue weighted by Gasteiger charge is 2.13. The number of carbonyl (C=O) groups excluding carboxylic acids is 2. The lowest BCUT2D eigenvalue weighted by atomic mass is 10.2. The maximum atomic E-state index is 12.0. The number of hydrogen-bond acceptors (Lipinski definition) is 6. The third kappa shape index (κ3) is 4.52. The number of benzene rings is 1. The average molecular weight is 328 g/mol. The van der Waals surface area contributed by atoms with E-state index in [1.54, 1.807) is 30.3 Å². The average Bonchev–Trinajstić information content (AvgIpc) is 2.62. The van der Waals surface area contributed by atoms with Crippen LogP contribution in [0.4, 0.5) is 11.6 Å². The summed E-state index contributed by atoms with van der Waals surface area (Å²) in [6.07, 6.45) is 3.40. The Morgan fingerprint density at radius 2 is 2.00 bits per heavy atom. The van der Waals surface area contributed by atoms with Crippen molar-refractivity contribution in [2.75, 3.05) is 19.0 Å². The molecule has 1 aromatic heterocycles. The molecule has 0 saturated heterocycles. The van der Waals surface area contributed by atoms with Gasteiger partial charge in [0, 0.05) is 12.7 Å². The fourth-order valence-corrected chi connectivity index (χ4v) is 2.02. The lowest BCUT2D eigenvalue weighted by molar-refractivity contribution is 0.0601. The molecule has 0 aliphatic heterocycles. The molecule has 2 aromatic rings. The largest absolute Gasteiger partial charge is 0.465 e. The molecule has 126 valence electrons. The minimum Gasteiger partial charge on any atom is -0.465 e. The number of nitrogens with zero attached hydrogens (tertiary/aromatic N) is 2. The first kappa shape index (κ1) is 17.4. The summed E-state index contributed by atoms with van der Waals surface area (Å²) in [5.41, 5.74) is 1.13. The number of para-hydroxylation sites is 1. The van der Waals surface area contributed by atoms with E-state index in [9.17, 15) is 9.59 Å². The standard InChI is InChI=1S/C17H20N4O3/c1-3-4-10-18-15(22)14-9-11-19-17(21-14)20-13-8-6-5-7-12(13)16(23)24-2/h5-9,11H,3-4,10H2,1-2H3,(H,18,22)(H,19,20,21). The molecule has 1 amide bonds. The number of ether oxygens (including phenoxy) is 1. The summed E-state index contributed by atoms with van der Waals surface area (Å²) < 4.78 is 4.75. The number of anilines is 2. The van der Waals surface area contributed by atoms with Crippen molar-refractivity contribution in [3.05, 3.63) is 47.8 Å². The van der Waals surface area contributed by atoms with E-state index < -0.39 is 5.97 Å². The highest BCUT2D eigenvalue weighted by molar-refractivity contribution is 5.96. The van der Waals surface area contributed by atoms with Crippen molar-refractivity contribution in [2.24, 2.45) is 0 Å². The summed E-state index contributed by atoms with van der Waals surface area (Å²) in [6, 6.07) is 8.39. The normalized spacial score (nSPS) is 10.1. The Morgan fingerprint density at radius 3 is 2.75 bits per heavy atom. The third-order valence-corrected chi connectivity index (χ3v) is 3.28. The Balaban J connectivity index is 2.15. The van der Waals surface area contributed by atoms with E-state index in [2.05, 4.69) is 27.5 Å². The van der Waals surface area contributed by atoms with Crippen molar-refractivity contribution in [3.8, 4) is 0 Å². The number of esters is 1. The molecule has 24 heavy (non-hydrogen) atoms. The van der Waals surface area contributed by atoms with Crippen LogP contribution in [-0.2, 0) is 4.74 Å². The van der Waals surface area contributed by atoms with Crippen LogP contribution in [0.3, 0.4) is 0 Å². The summed E-state index contributed by atoms with van der Waals surface area (Å²) in [6.45, 7) is 2.66. The van der Waals surface area contributed by atoms with E-state index in [4.69, 9.17) is 4.74 Å². The molecule has 1 aromatic carbocycles. The van der Waals surface area contributed by atoms with Gasteiger partial charge in [-0.2, -0.15) is 0 Å². The molecular formula is C17H20N4O3. The highest BCUT2D eigenvalue weighted by Crippen LogP contribution is 2.19. The van der Waals surface area contributed by atoms with Crippen LogP contribution in [0.2, 0.25) is 0 Å². The smallest absolute Gasteiger partial charge is 0.339 e. The second kappa shape index (κ2) is 8.61. The summed E-state index contributed by atoms with van der Waals surface area (Å²) in [4.78, 5) is 32.1. The highest BCUT2D eigenvalue weighted by atomic mass is 16.5. The lowest BCUT2D eigenvalue weighted by Gasteiger charge is -2.10. The van der Waals surface area contributed by atoms with Crippen molar-refractivity contribution in [3.63, 3.8) is 0 Å². The van der Waals surface area contributed by atoms with E-state index in [0.29, 0.717) is 17.8 Å². The van der Waals surface area contributed by atoms with Gasteiger partial charge in [-0.15, -0.1) is 0 Å². The number of methoxy groups -OCH3 is 1. The van der Waals surface area contributed by atoms with Gasteiger partial charge >= 0.3 is 5.97 Å². The maximum Gasteiger partial charge on any atom is 0.339 e. The Hall–Kier alpha value is -2.96. The predicted molar refractivity (Wildman–Crippen MR) is 90.3 cm³/mol. The topological polar surface area (TPSA) is 93.2 Å². The van der Waals surface area contributed by atoms with Gasteiger partial charge in [-0.3, -0.25) is 4.79 Å². The summed E-state index contributed by atoms with van der Waals surface area (Å²) in [5.74, 6) is -0.490. The molecule has 0 aliphatic carbocycles. The van der Waals surface area contributed by atoms with Gasteiger partial charge in [-0.1, -0.05) is 25.5 Å². The van der Waals surface area contributed by atoms with E-state index in [1.807, 2.05) is 0 Å². The molecule has 0 unspecified atom stereocenters. The summed E-state index contributed by atoms with van der Waals surface area (Å²) in [7, 11) is 1.32. The van der Waals surface area contributed by atoms with Crippen LogP contribution in [0.15, 0.2) is 36.5 Å². The van der Waals surface area contributed by atoms with Crippen LogP contribution >= 0.6 is 0 Å². The molecule has 0 radical (unpaired) electrons. The number of aromatic nitrogens is 2. The number of amides is 1. The van der Waals surface area contributed by atoms with Crippen LogP contribution < -0.4 is 10.6 Å². The van der Waals surface area contributed by atoms with Crippen LogP contribution in [0.1, 0.15) is 40.6 Å². The second-order valence-corrected chi connectivity index (χ2v) is 5.04. The first-order valence-corrected chi connectivity index (χ1v) is 7.71. The molecule has 0 atom stereocenters. The number of rotatable bonds is 7. The minimum atomic E-state index is -0.466. The van der Waals surface area contributed by atoms with Crippen LogP contribution in [-0.4, -0.2) is 35.5 Å². The molecule has 2 rings (SSSR count). The summed E-state index contributed by atoms with van der Waals surface area (Å²) in [5, 5.41) is 5.75. The zero-order chi connectivity index (χ0) is 17.4. The summed E-state index contributed by atoms with van der Waals surface area (Å²) >= 11 is 0. The van der Waals surface area contributed by atoms with Gasteiger partial charge in [0.1, 0.15) is 5.69 Å². The number of carbonyl (C=O) groups is 2. The van der Waals surface area contributed by atoms with Crippen LogP contribution in [0.25, 0.3) is 0 Å². The van der Waals surface area contributed by atoms with E-state index >= 15 is 0 Å². The first-order valence-electron chi connectivity index (χ1n) is 7.71. The quantitative estimate of drug-likeness (QED) is 0.599. The van der Waals surface area contributed by atoms with Gasteiger partial charge in [-0.05, 0) is 24.6 Å². The Labute approximate surface area is 140 Å². The molecule has 0 spiro atoms. The molecule has 0 bridgehead atoms. The Morgan fingerprint density at radius 1 is 1.21 bits per heavy atom. The maximum absolute atomic E-state index is 12.0. The first-order chi connectivity index (χ1) is 11.7. The van der Waals surface area contributed by atoms with Gasteiger partial charge < -0.3 is 15.4 Å². The fraction of sp³-hybridized carbons (Fsp3) is 0.294. The van der Waals surface area contributed by atoms with E-state index in [0.717, 1.165) is 12.8 Å². The molecule has 1 heterocycles. The van der Waals surface area contributed by atoms with Crippen LogP contribution in [0.5, 0.6) is 0 Å². The van der Waals surface area contributed by atoms with Crippen LogP contribution in [0, 0.1) is 0 Å². The van der Waals surface area contributed by atoms with Gasteiger partial charge in [0.2, 0.25) is 5.95 Å². The Kier molecular flexibility index (Phi) is 6.24. The minimum absolute atomic E-state index is 0.231. The van der Waals surface area contributed by atoms with Crippen molar-refractivity contribution in [1.82, 2.24) is 15.3 Å². The van der Waals surface area contributed by atoms with Crippen molar-refractivity contribution in [1.29, 1.82) is 0 Å². The zero-order valence-corrected chi connectivity index (χ0v) is 13.7. The molecule has 0 fully saturated rings. The zero-order valence-electron chi connectivity index (χ0n) is 13.7. The fourth-order valence-electron chi connectivity index (χ4n) is 2.02. The lowest BCUT2D eigenvalue weighted by Crippen LogP contribution is -2.25. The molecule has 0 saturated carbocycles. The third-order valence-electron chi connectivity index (χ3n) is 3.28. The molecule has 0 aliphatic rings. The van der Waals surface area contributed by atoms with E-state index in [-0.39, 0.29) is 17.5 Å². The Bertz CT molecular complexity index is 718. The molecule has 7 nitrogen and oxygen atoms in total. The van der Waals surface area contributed by atoms with Gasteiger partial charge in [-0.25, -0.2) is 14.8 Å². The molecular weight excluding hydrogens is 308 g/mol. The monoisotopic (exact) mass is 328 g/mol. The van der Waals surface area contributed by atoms with Crippen molar-refractivity contribution in [2.45, 2.75) is 19.8 Å². The van der Waals surface area contributed by atoms with Crippen molar-refractivity contribution >= 4 is 23.5 Å². The number of nitrogens with one attached hydrogen (secondary N) is 2. The van der Waals surface area contributed by atoms with Gasteiger partial charge in [0.15, 0.2) is 0 Å². The predicted octanol–water partition coefficient (Wildman–Crippen LogP) is 2.54. The second-order valence-electron chi connectivity index (χ2n) is 5.04. The van der Waals surface area contributed by atoms with Gasteiger partial charge in [0.05, 0.1) is 18.4 Å². The van der Waals surface area contributed by atoms with E-state index in [1.165, 1.54) is 13.3 Å². The molecule has 7 heteroatoms. The molecule has 2 N–H and O–H groups in total.